The summed E-state index contributed by atoms with van der Waals surface area (Å²) in [5.74, 6) is 0.274. The van der Waals surface area contributed by atoms with Gasteiger partial charge in [-0.05, 0) is 19.1 Å². The number of rotatable bonds is 9. The third-order valence-electron chi connectivity index (χ3n) is 3.15. The molecule has 0 bridgehead atoms. The number of hydrogen-bond donors (Lipinski definition) is 1. The van der Waals surface area contributed by atoms with Crippen molar-refractivity contribution in [1.29, 1.82) is 0 Å². The van der Waals surface area contributed by atoms with Gasteiger partial charge in [0.2, 0.25) is 0 Å². The first-order chi connectivity index (χ1) is 11.0. The molecule has 0 fully saturated rings. The Labute approximate surface area is 135 Å². The molecule has 0 aromatic heterocycles. The summed E-state index contributed by atoms with van der Waals surface area (Å²) in [5.41, 5.74) is 0.360. The van der Waals surface area contributed by atoms with Crippen LogP contribution in [0.25, 0.3) is 0 Å². The number of aliphatic hydroxyl groups is 1. The van der Waals surface area contributed by atoms with Crippen molar-refractivity contribution in [2.75, 3.05) is 40.5 Å². The second-order valence-corrected chi connectivity index (χ2v) is 4.67. The Morgan fingerprint density at radius 2 is 1.70 bits per heavy atom. The van der Waals surface area contributed by atoms with E-state index in [-0.39, 0.29) is 38.0 Å². The van der Waals surface area contributed by atoms with Crippen LogP contribution in [0.5, 0.6) is 11.5 Å². The molecule has 0 unspecified atom stereocenters. The number of aliphatic hydroxyl groups excluding tert-OH is 1. The van der Waals surface area contributed by atoms with Crippen LogP contribution in [0.15, 0.2) is 18.2 Å². The second kappa shape index (κ2) is 9.68. The minimum Gasteiger partial charge on any atom is -0.497 e. The van der Waals surface area contributed by atoms with Crippen molar-refractivity contribution >= 4 is 11.9 Å². The van der Waals surface area contributed by atoms with E-state index in [9.17, 15) is 9.59 Å². The van der Waals surface area contributed by atoms with E-state index in [1.165, 1.54) is 19.1 Å². The average molecular weight is 325 g/mol. The summed E-state index contributed by atoms with van der Waals surface area (Å²) >= 11 is 0. The van der Waals surface area contributed by atoms with E-state index >= 15 is 0 Å². The van der Waals surface area contributed by atoms with Crippen molar-refractivity contribution in [2.45, 2.75) is 13.3 Å². The van der Waals surface area contributed by atoms with Crippen molar-refractivity contribution in [3.63, 3.8) is 0 Å². The molecular formula is C16H23NO6. The maximum absolute atomic E-state index is 12.6. The van der Waals surface area contributed by atoms with E-state index in [1.807, 2.05) is 0 Å². The van der Waals surface area contributed by atoms with Gasteiger partial charge >= 0.3 is 5.97 Å². The molecule has 7 nitrogen and oxygen atoms in total. The monoisotopic (exact) mass is 325 g/mol. The summed E-state index contributed by atoms with van der Waals surface area (Å²) in [4.78, 5) is 25.4. The number of carbonyl (C=O) groups excluding carboxylic acids is 2. The van der Waals surface area contributed by atoms with Crippen molar-refractivity contribution < 1.29 is 28.9 Å². The standard InChI is InChI=1S/C16H23NO6/c1-4-23-15(19)5-6-17(7-8-18)16(20)12-9-13(21-2)11-14(10-12)22-3/h9-11,18H,4-8H2,1-3H3. The van der Waals surface area contributed by atoms with Gasteiger partial charge in [0, 0.05) is 24.7 Å². The van der Waals surface area contributed by atoms with Crippen molar-refractivity contribution in [3.8, 4) is 11.5 Å². The van der Waals surface area contributed by atoms with Crippen LogP contribution in [0.1, 0.15) is 23.7 Å². The normalized spacial score (nSPS) is 10.1. The van der Waals surface area contributed by atoms with Crippen molar-refractivity contribution in [2.24, 2.45) is 0 Å². The number of nitrogens with zero attached hydrogens (tertiary/aromatic N) is 1. The van der Waals surface area contributed by atoms with Crippen LogP contribution < -0.4 is 9.47 Å². The van der Waals surface area contributed by atoms with Crippen LogP contribution in [-0.2, 0) is 9.53 Å². The van der Waals surface area contributed by atoms with Gasteiger partial charge in [-0.2, -0.15) is 0 Å². The van der Waals surface area contributed by atoms with Crippen LogP contribution in [0.2, 0.25) is 0 Å². The summed E-state index contributed by atoms with van der Waals surface area (Å²) in [6, 6.07) is 4.82. The van der Waals surface area contributed by atoms with Gasteiger partial charge in [0.15, 0.2) is 0 Å². The lowest BCUT2D eigenvalue weighted by atomic mass is 10.1. The van der Waals surface area contributed by atoms with E-state index < -0.39 is 0 Å². The SMILES string of the molecule is CCOC(=O)CCN(CCO)C(=O)c1cc(OC)cc(OC)c1. The highest BCUT2D eigenvalue weighted by molar-refractivity contribution is 5.95. The zero-order valence-electron chi connectivity index (χ0n) is 13.7. The molecule has 1 amide bonds. The minimum atomic E-state index is -0.383. The smallest absolute Gasteiger partial charge is 0.307 e. The number of ether oxygens (including phenoxy) is 3. The molecule has 0 radical (unpaired) electrons. The molecule has 0 saturated heterocycles. The molecule has 7 heteroatoms. The quantitative estimate of drug-likeness (QED) is 0.684. The van der Waals surface area contributed by atoms with Crippen LogP contribution in [0.4, 0.5) is 0 Å². The summed E-state index contributed by atoms with van der Waals surface area (Å²) in [5, 5.41) is 9.14. The zero-order chi connectivity index (χ0) is 17.2. The Morgan fingerprint density at radius 1 is 1.09 bits per heavy atom. The fourth-order valence-corrected chi connectivity index (χ4v) is 2.01. The van der Waals surface area contributed by atoms with Crippen LogP contribution >= 0.6 is 0 Å². The lowest BCUT2D eigenvalue weighted by molar-refractivity contribution is -0.143. The van der Waals surface area contributed by atoms with Crippen molar-refractivity contribution in [3.05, 3.63) is 23.8 Å². The fraction of sp³-hybridized carbons (Fsp3) is 0.500. The summed E-state index contributed by atoms with van der Waals surface area (Å²) < 4.78 is 15.1. The third-order valence-corrected chi connectivity index (χ3v) is 3.15. The predicted octanol–water partition coefficient (Wildman–Crippen LogP) is 1.09. The highest BCUT2D eigenvalue weighted by atomic mass is 16.5. The Balaban J connectivity index is 2.89. The maximum Gasteiger partial charge on any atom is 0.307 e. The molecule has 1 aromatic rings. The zero-order valence-corrected chi connectivity index (χ0v) is 13.7. The molecule has 128 valence electrons. The van der Waals surface area contributed by atoms with Gasteiger partial charge in [0.25, 0.3) is 5.91 Å². The summed E-state index contributed by atoms with van der Waals surface area (Å²) in [6.07, 6.45) is 0.0701. The van der Waals surface area contributed by atoms with Gasteiger partial charge in [-0.1, -0.05) is 0 Å². The number of hydrogen-bond acceptors (Lipinski definition) is 6. The molecule has 1 aromatic carbocycles. The molecule has 0 aliphatic carbocycles. The molecule has 23 heavy (non-hydrogen) atoms. The number of methoxy groups -OCH3 is 2. The number of esters is 1. The molecule has 0 spiro atoms. The first-order valence-electron chi connectivity index (χ1n) is 7.34. The molecule has 0 aliphatic rings. The van der Waals surface area contributed by atoms with Gasteiger partial charge in [-0.3, -0.25) is 9.59 Å². The van der Waals surface area contributed by atoms with E-state index in [2.05, 4.69) is 0 Å². The molecule has 1 N–H and O–H groups in total. The summed E-state index contributed by atoms with van der Waals surface area (Å²) in [6.45, 7) is 2.10. The Kier molecular flexibility index (Phi) is 7.90. The molecule has 1 rings (SSSR count). The first-order valence-corrected chi connectivity index (χ1v) is 7.34. The van der Waals surface area contributed by atoms with Crippen molar-refractivity contribution in [1.82, 2.24) is 4.90 Å². The molecule has 0 atom stereocenters. The number of carbonyl (C=O) groups is 2. The lowest BCUT2D eigenvalue weighted by Crippen LogP contribution is -2.35. The van der Waals surface area contributed by atoms with E-state index in [4.69, 9.17) is 19.3 Å². The Morgan fingerprint density at radius 3 is 2.17 bits per heavy atom. The van der Waals surface area contributed by atoms with Crippen LogP contribution in [-0.4, -0.2) is 62.4 Å². The minimum absolute atomic E-state index is 0.0701. The third kappa shape index (κ3) is 5.78. The Bertz CT molecular complexity index is 509. The maximum atomic E-state index is 12.6. The summed E-state index contributed by atoms with van der Waals surface area (Å²) in [7, 11) is 2.99. The highest BCUT2D eigenvalue weighted by Crippen LogP contribution is 2.23. The lowest BCUT2D eigenvalue weighted by Gasteiger charge is -2.22. The molecule has 0 saturated carbocycles. The average Bonchev–Trinajstić information content (AvgIpc) is 2.57. The van der Waals surface area contributed by atoms with Gasteiger partial charge in [0.1, 0.15) is 11.5 Å². The second-order valence-electron chi connectivity index (χ2n) is 4.67. The molecule has 0 aliphatic heterocycles. The van der Waals surface area contributed by atoms with Gasteiger partial charge < -0.3 is 24.2 Å². The van der Waals surface area contributed by atoms with Gasteiger partial charge in [0.05, 0.1) is 33.9 Å². The van der Waals surface area contributed by atoms with E-state index in [1.54, 1.807) is 25.1 Å². The van der Waals surface area contributed by atoms with E-state index in [0.717, 1.165) is 0 Å². The first kappa shape index (κ1) is 18.8. The largest absolute Gasteiger partial charge is 0.497 e. The topological polar surface area (TPSA) is 85.3 Å². The van der Waals surface area contributed by atoms with Gasteiger partial charge in [-0.15, -0.1) is 0 Å². The van der Waals surface area contributed by atoms with Crippen LogP contribution in [0, 0.1) is 0 Å². The van der Waals surface area contributed by atoms with Gasteiger partial charge in [-0.25, -0.2) is 0 Å². The molecule has 0 heterocycles. The number of amides is 1. The Hall–Kier alpha value is -2.28. The fourth-order valence-electron chi connectivity index (χ4n) is 2.01. The number of benzene rings is 1. The van der Waals surface area contributed by atoms with Crippen LogP contribution in [0.3, 0.4) is 0 Å². The van der Waals surface area contributed by atoms with E-state index in [0.29, 0.717) is 23.7 Å². The highest BCUT2D eigenvalue weighted by Gasteiger charge is 2.18. The predicted molar refractivity (Wildman–Crippen MR) is 83.8 cm³/mol. The molecular weight excluding hydrogens is 302 g/mol.